The van der Waals surface area contributed by atoms with Gasteiger partial charge in [0.05, 0.1) is 22.2 Å². The van der Waals surface area contributed by atoms with Crippen LogP contribution in [0.1, 0.15) is 56.6 Å². The minimum Gasteiger partial charge on any atom is -0.493 e. The Morgan fingerprint density at radius 3 is 2.40 bits per heavy atom. The predicted molar refractivity (Wildman–Crippen MR) is 150 cm³/mol. The standard InChI is InChI=1S/C28H27Cl2NO2S2/c1-2-33-24-6-3-20(28-13-16-7-17(14-28)9-18(8-16)15-28)10-19(24)11-25-26(32)31(27(34)35-25)23-5-4-21(29)12-22(23)30/h3-6,10-12,16-18H,2,7-9,13-15H2,1H3/b25-11-. The van der Waals surface area contributed by atoms with Crippen LogP contribution in [0.2, 0.25) is 10.0 Å². The molecule has 35 heavy (non-hydrogen) atoms. The molecule has 7 heteroatoms. The van der Waals surface area contributed by atoms with Gasteiger partial charge in [-0.05, 0) is 111 Å². The average molecular weight is 545 g/mol. The fourth-order valence-electron chi connectivity index (χ4n) is 7.22. The first-order chi connectivity index (χ1) is 16.8. The van der Waals surface area contributed by atoms with Crippen LogP contribution < -0.4 is 9.64 Å². The Morgan fingerprint density at radius 1 is 1.09 bits per heavy atom. The monoisotopic (exact) mass is 543 g/mol. The molecule has 1 heterocycles. The Balaban J connectivity index is 1.36. The van der Waals surface area contributed by atoms with E-state index in [4.69, 9.17) is 40.2 Å². The van der Waals surface area contributed by atoms with Gasteiger partial charge in [-0.3, -0.25) is 9.69 Å². The SMILES string of the molecule is CCOc1ccc(C23CC4CC(CC(C4)C2)C3)cc1/C=C1\SC(=S)N(c2ccc(Cl)cc2Cl)C1=O. The van der Waals surface area contributed by atoms with Crippen LogP contribution in [0, 0.1) is 17.8 Å². The largest absolute Gasteiger partial charge is 0.493 e. The number of anilines is 1. The molecule has 182 valence electrons. The van der Waals surface area contributed by atoms with Crippen LogP contribution in [-0.4, -0.2) is 16.8 Å². The van der Waals surface area contributed by atoms with E-state index in [1.165, 1.54) is 60.8 Å². The molecule has 1 saturated heterocycles. The second-order valence-electron chi connectivity index (χ2n) is 10.5. The lowest BCUT2D eigenvalue weighted by Crippen LogP contribution is -2.48. The maximum Gasteiger partial charge on any atom is 0.270 e. The molecule has 2 aromatic carbocycles. The van der Waals surface area contributed by atoms with E-state index in [1.54, 1.807) is 18.2 Å². The summed E-state index contributed by atoms with van der Waals surface area (Å²) in [5.41, 5.74) is 3.18. The Bertz CT molecular complexity index is 1220. The van der Waals surface area contributed by atoms with Gasteiger partial charge in [0.25, 0.3) is 5.91 Å². The van der Waals surface area contributed by atoms with E-state index in [9.17, 15) is 4.79 Å². The summed E-state index contributed by atoms with van der Waals surface area (Å²) in [4.78, 5) is 15.5. The lowest BCUT2D eigenvalue weighted by atomic mass is 9.48. The maximum absolute atomic E-state index is 13.5. The van der Waals surface area contributed by atoms with Gasteiger partial charge in [0.15, 0.2) is 4.32 Å². The number of hydrogen-bond acceptors (Lipinski definition) is 4. The van der Waals surface area contributed by atoms with Crippen molar-refractivity contribution in [3.63, 3.8) is 0 Å². The Morgan fingerprint density at radius 2 is 1.77 bits per heavy atom. The third-order valence-corrected chi connectivity index (χ3v) is 10.0. The van der Waals surface area contributed by atoms with Crippen molar-refractivity contribution in [1.29, 1.82) is 0 Å². The summed E-state index contributed by atoms with van der Waals surface area (Å²) in [7, 11) is 0. The van der Waals surface area contributed by atoms with E-state index in [0.717, 1.165) is 29.1 Å². The zero-order valence-corrected chi connectivity index (χ0v) is 22.7. The second-order valence-corrected chi connectivity index (χ2v) is 13.0. The van der Waals surface area contributed by atoms with Crippen LogP contribution in [-0.2, 0) is 10.2 Å². The lowest BCUT2D eigenvalue weighted by molar-refractivity contribution is -0.113. The van der Waals surface area contributed by atoms with Gasteiger partial charge in [0, 0.05) is 10.6 Å². The van der Waals surface area contributed by atoms with Crippen molar-refractivity contribution in [2.75, 3.05) is 11.5 Å². The predicted octanol–water partition coefficient (Wildman–Crippen LogP) is 8.27. The fourth-order valence-corrected chi connectivity index (χ4v) is 8.99. The molecule has 0 aromatic heterocycles. The summed E-state index contributed by atoms with van der Waals surface area (Å²) in [6.07, 6.45) is 10.1. The van der Waals surface area contributed by atoms with Crippen LogP contribution in [0.25, 0.3) is 6.08 Å². The Kier molecular flexibility index (Phi) is 6.19. The Hall–Kier alpha value is -1.53. The summed E-state index contributed by atoms with van der Waals surface area (Å²) in [6, 6.07) is 11.7. The number of hydrogen-bond donors (Lipinski definition) is 0. The number of rotatable bonds is 5. The molecule has 3 nitrogen and oxygen atoms in total. The first kappa shape index (κ1) is 23.8. The van der Waals surface area contributed by atoms with Gasteiger partial charge in [-0.2, -0.15) is 0 Å². The van der Waals surface area contributed by atoms with Gasteiger partial charge in [0.1, 0.15) is 5.75 Å². The molecule has 1 amide bonds. The summed E-state index contributed by atoms with van der Waals surface area (Å²) < 4.78 is 6.44. The van der Waals surface area contributed by atoms with Gasteiger partial charge in [-0.25, -0.2) is 0 Å². The highest BCUT2D eigenvalue weighted by Gasteiger charge is 2.51. The topological polar surface area (TPSA) is 29.5 Å². The smallest absolute Gasteiger partial charge is 0.270 e. The van der Waals surface area contributed by atoms with Crippen molar-refractivity contribution in [3.8, 4) is 5.75 Å². The fraction of sp³-hybridized carbons (Fsp3) is 0.429. The second kappa shape index (κ2) is 9.09. The van der Waals surface area contributed by atoms with Crippen molar-refractivity contribution >= 4 is 69.2 Å². The molecule has 0 atom stereocenters. The number of carbonyl (C=O) groups excluding carboxylic acids is 1. The molecule has 4 bridgehead atoms. The zero-order chi connectivity index (χ0) is 24.3. The molecule has 4 saturated carbocycles. The van der Waals surface area contributed by atoms with Crippen LogP contribution >= 0.6 is 47.2 Å². The molecule has 0 radical (unpaired) electrons. The molecule has 0 N–H and O–H groups in total. The van der Waals surface area contributed by atoms with Gasteiger partial charge in [-0.1, -0.05) is 53.2 Å². The molecule has 0 unspecified atom stereocenters. The van der Waals surface area contributed by atoms with Crippen molar-refractivity contribution in [3.05, 3.63) is 62.5 Å². The molecular formula is C28H27Cl2NO2S2. The van der Waals surface area contributed by atoms with Gasteiger partial charge in [-0.15, -0.1) is 0 Å². The first-order valence-electron chi connectivity index (χ1n) is 12.4. The summed E-state index contributed by atoms with van der Waals surface area (Å²) in [5.74, 6) is 3.24. The highest BCUT2D eigenvalue weighted by molar-refractivity contribution is 8.27. The first-order valence-corrected chi connectivity index (χ1v) is 14.3. The minimum absolute atomic E-state index is 0.174. The van der Waals surface area contributed by atoms with Crippen LogP contribution in [0.3, 0.4) is 0 Å². The average Bonchev–Trinajstić information content (AvgIpc) is 3.07. The van der Waals surface area contributed by atoms with Crippen LogP contribution in [0.5, 0.6) is 5.75 Å². The number of ether oxygens (including phenoxy) is 1. The Labute approximate surface area is 226 Å². The number of thioether (sulfide) groups is 1. The van der Waals surface area contributed by atoms with Crippen molar-refractivity contribution < 1.29 is 9.53 Å². The van der Waals surface area contributed by atoms with Crippen molar-refractivity contribution in [1.82, 2.24) is 0 Å². The van der Waals surface area contributed by atoms with E-state index < -0.39 is 0 Å². The number of benzene rings is 2. The molecular weight excluding hydrogens is 517 g/mol. The number of nitrogens with zero attached hydrogens (tertiary/aromatic N) is 1. The molecule has 1 aliphatic heterocycles. The van der Waals surface area contributed by atoms with Gasteiger partial charge >= 0.3 is 0 Å². The maximum atomic E-state index is 13.5. The lowest BCUT2D eigenvalue weighted by Gasteiger charge is -2.57. The summed E-state index contributed by atoms with van der Waals surface area (Å²) in [6.45, 7) is 2.55. The quantitative estimate of drug-likeness (QED) is 0.280. The molecule has 0 spiro atoms. The van der Waals surface area contributed by atoms with E-state index in [2.05, 4.69) is 18.2 Å². The molecule has 5 fully saturated rings. The normalized spacial score (nSPS) is 30.5. The van der Waals surface area contributed by atoms with Gasteiger partial charge in [0.2, 0.25) is 0 Å². The minimum atomic E-state index is -0.174. The third-order valence-electron chi connectivity index (χ3n) is 8.19. The zero-order valence-electron chi connectivity index (χ0n) is 19.6. The summed E-state index contributed by atoms with van der Waals surface area (Å²) in [5, 5.41) is 0.913. The molecule has 5 aliphatic rings. The number of thiocarbonyl (C=S) groups is 1. The van der Waals surface area contributed by atoms with Crippen molar-refractivity contribution in [2.24, 2.45) is 17.8 Å². The van der Waals surface area contributed by atoms with Crippen LogP contribution in [0.4, 0.5) is 5.69 Å². The number of amides is 1. The highest BCUT2D eigenvalue weighted by Crippen LogP contribution is 2.61. The number of halogens is 2. The molecule has 4 aliphatic carbocycles. The third kappa shape index (κ3) is 4.22. The summed E-state index contributed by atoms with van der Waals surface area (Å²) >= 11 is 19.3. The van der Waals surface area contributed by atoms with E-state index >= 15 is 0 Å². The number of carbonyl (C=O) groups is 1. The van der Waals surface area contributed by atoms with Crippen LogP contribution in [0.15, 0.2) is 41.3 Å². The van der Waals surface area contributed by atoms with E-state index in [-0.39, 0.29) is 11.3 Å². The molecule has 7 rings (SSSR count). The van der Waals surface area contributed by atoms with Crippen molar-refractivity contribution in [2.45, 2.75) is 50.9 Å². The highest BCUT2D eigenvalue weighted by atomic mass is 35.5. The van der Waals surface area contributed by atoms with E-state index in [1.807, 2.05) is 13.0 Å². The van der Waals surface area contributed by atoms with Gasteiger partial charge < -0.3 is 4.74 Å². The molecule has 2 aromatic rings. The van der Waals surface area contributed by atoms with E-state index in [0.29, 0.717) is 31.6 Å².